The van der Waals surface area contributed by atoms with Crippen molar-refractivity contribution in [3.05, 3.63) is 75.9 Å². The summed E-state index contributed by atoms with van der Waals surface area (Å²) < 4.78 is 5.20. The van der Waals surface area contributed by atoms with Crippen molar-refractivity contribution in [2.75, 3.05) is 6.61 Å². The molecule has 3 aromatic rings. The summed E-state index contributed by atoms with van der Waals surface area (Å²) >= 11 is 0. The van der Waals surface area contributed by atoms with Crippen LogP contribution < -0.4 is 0 Å². The third kappa shape index (κ3) is 5.47. The Kier molecular flexibility index (Phi) is 8.03. The van der Waals surface area contributed by atoms with Gasteiger partial charge in [0.2, 0.25) is 6.10 Å². The second-order valence-corrected chi connectivity index (χ2v) is 12.3. The number of aliphatic hydroxyl groups is 1. The molecule has 5 unspecified atom stereocenters. The van der Waals surface area contributed by atoms with Crippen molar-refractivity contribution in [1.82, 2.24) is 0 Å². The average molecular weight is 631 g/mol. The number of carbonyl (C=O) groups is 2. The van der Waals surface area contributed by atoms with Crippen LogP contribution in [0, 0.1) is 17.8 Å². The minimum Gasteiger partial charge on any atom is -0.504 e. The number of fused-ring (bicyclic) bond motifs is 4. The van der Waals surface area contributed by atoms with Gasteiger partial charge in [-0.2, -0.15) is 0 Å². The van der Waals surface area contributed by atoms with Gasteiger partial charge in [0.05, 0.1) is 0 Å². The van der Waals surface area contributed by atoms with Gasteiger partial charge in [-0.1, -0.05) is 12.5 Å². The molecule has 5 atom stereocenters. The van der Waals surface area contributed by atoms with Gasteiger partial charge in [-0.25, -0.2) is 9.59 Å². The first-order valence-corrected chi connectivity index (χ1v) is 15.1. The van der Waals surface area contributed by atoms with Crippen molar-refractivity contribution in [3.8, 4) is 34.5 Å². The monoisotopic (exact) mass is 630 g/mol. The number of phenols is 6. The van der Waals surface area contributed by atoms with Crippen molar-refractivity contribution in [1.29, 1.82) is 0 Å². The minimum atomic E-state index is -1.60. The van der Waals surface area contributed by atoms with E-state index in [-0.39, 0.29) is 59.7 Å². The van der Waals surface area contributed by atoms with Crippen molar-refractivity contribution in [2.45, 2.75) is 44.1 Å². The maximum absolute atomic E-state index is 12.8. The number of carboxylic acids is 1. The van der Waals surface area contributed by atoms with E-state index in [4.69, 9.17) is 4.74 Å². The summed E-state index contributed by atoms with van der Waals surface area (Å²) in [5.74, 6) is -4.97. The lowest BCUT2D eigenvalue weighted by atomic mass is 9.59. The molecule has 46 heavy (non-hydrogen) atoms. The van der Waals surface area contributed by atoms with Crippen molar-refractivity contribution >= 4 is 29.7 Å². The molecule has 11 nitrogen and oxygen atoms in total. The smallest absolute Gasteiger partial charge is 0.345 e. The molecule has 0 heterocycles. The average Bonchev–Trinajstić information content (AvgIpc) is 3.15. The summed E-state index contributed by atoms with van der Waals surface area (Å²) in [7, 11) is 0. The number of allylic oxidation sites excluding steroid dienone is 1. The number of aliphatic carboxylic acids is 1. The van der Waals surface area contributed by atoms with E-state index >= 15 is 0 Å². The standard InChI is InChI=1S/C35H34O11/c36-15-19-10-18-12-27(39)28(40)14-22(18)24-13-23-17(11-29(41)34(43)33(23)21-3-1-2-20(19)32(21)24)5-7-31(42)46-30(35(44)45)9-16-4-6-25(37)26(38)8-16/h4-8,11-14,19-21,30,32,36-41,43H,1-3,9-10,15H2,(H,44,45). The van der Waals surface area contributed by atoms with Gasteiger partial charge in [-0.05, 0) is 119 Å². The molecular formula is C35H34O11. The number of rotatable bonds is 7. The van der Waals surface area contributed by atoms with E-state index in [0.717, 1.165) is 30.1 Å². The van der Waals surface area contributed by atoms with Gasteiger partial charge in [0.1, 0.15) is 0 Å². The number of esters is 1. The molecule has 3 aliphatic rings. The van der Waals surface area contributed by atoms with E-state index in [9.17, 15) is 50.4 Å². The van der Waals surface area contributed by atoms with E-state index in [2.05, 4.69) is 0 Å². The fourth-order valence-electron chi connectivity index (χ4n) is 7.55. The zero-order chi connectivity index (χ0) is 32.9. The SMILES string of the molecule is O=C(C=Cc1cc(O)c(O)c2c1C=C1c3cc(O)c(O)cc3CC(CO)C3CCCC2C13)OC(Cc1ccc(O)c(O)c1)C(=O)O. The number of carboxylic acid groups (broad SMARTS) is 1. The fraction of sp³-hybridized carbons (Fsp3) is 0.314. The summed E-state index contributed by atoms with van der Waals surface area (Å²) in [6.07, 6.45) is 5.17. The highest BCUT2D eigenvalue weighted by Gasteiger charge is 2.47. The van der Waals surface area contributed by atoms with Gasteiger partial charge < -0.3 is 45.6 Å². The third-order valence-corrected chi connectivity index (χ3v) is 9.60. The van der Waals surface area contributed by atoms with Crippen LogP contribution in [0.15, 0.2) is 42.5 Å². The molecule has 240 valence electrons. The maximum Gasteiger partial charge on any atom is 0.345 e. The molecular weight excluding hydrogens is 596 g/mol. The van der Waals surface area contributed by atoms with Crippen LogP contribution in [-0.4, -0.2) is 65.5 Å². The summed E-state index contributed by atoms with van der Waals surface area (Å²) in [6, 6.07) is 8.08. The van der Waals surface area contributed by atoms with Crippen LogP contribution in [0.4, 0.5) is 0 Å². The van der Waals surface area contributed by atoms with Crippen molar-refractivity contribution in [2.24, 2.45) is 17.8 Å². The number of carbonyl (C=O) groups excluding carboxylic acids is 1. The van der Waals surface area contributed by atoms with Gasteiger partial charge in [0, 0.05) is 24.7 Å². The van der Waals surface area contributed by atoms with Gasteiger partial charge in [0.25, 0.3) is 0 Å². The molecule has 3 aromatic carbocycles. The van der Waals surface area contributed by atoms with Crippen LogP contribution >= 0.6 is 0 Å². The summed E-state index contributed by atoms with van der Waals surface area (Å²) in [4.78, 5) is 24.7. The largest absolute Gasteiger partial charge is 0.504 e. The van der Waals surface area contributed by atoms with E-state index in [1.165, 1.54) is 42.5 Å². The Labute approximate surface area is 263 Å². The lowest BCUT2D eigenvalue weighted by molar-refractivity contribution is -0.160. The molecule has 0 spiro atoms. The van der Waals surface area contributed by atoms with Crippen LogP contribution in [0.2, 0.25) is 0 Å². The van der Waals surface area contributed by atoms with E-state index in [0.29, 0.717) is 40.7 Å². The van der Waals surface area contributed by atoms with Crippen LogP contribution in [0.25, 0.3) is 17.7 Å². The van der Waals surface area contributed by atoms with E-state index in [1.54, 1.807) is 0 Å². The van der Waals surface area contributed by atoms with Crippen molar-refractivity contribution in [3.63, 3.8) is 0 Å². The highest BCUT2D eigenvalue weighted by molar-refractivity contribution is 5.95. The minimum absolute atomic E-state index is 0.0269. The molecule has 1 saturated carbocycles. The van der Waals surface area contributed by atoms with Crippen molar-refractivity contribution < 1.29 is 55.2 Å². The number of benzene rings is 3. The van der Waals surface area contributed by atoms with E-state index < -0.39 is 29.5 Å². The molecule has 0 amide bonds. The van der Waals surface area contributed by atoms with Gasteiger partial charge >= 0.3 is 11.9 Å². The lowest BCUT2D eigenvalue weighted by Gasteiger charge is -2.44. The van der Waals surface area contributed by atoms with E-state index in [1.807, 2.05) is 6.08 Å². The van der Waals surface area contributed by atoms with Crippen LogP contribution in [0.1, 0.15) is 58.6 Å². The summed E-state index contributed by atoms with van der Waals surface area (Å²) in [6.45, 7) is -0.0809. The quantitative estimate of drug-likeness (QED) is 0.104. The second kappa shape index (κ2) is 12.0. The lowest BCUT2D eigenvalue weighted by Crippen LogP contribution is -2.35. The molecule has 1 fully saturated rings. The number of phenolic OH excluding ortho intramolecular Hbond substituents is 6. The zero-order valence-corrected chi connectivity index (χ0v) is 24.6. The second-order valence-electron chi connectivity index (χ2n) is 12.3. The topological polar surface area (TPSA) is 205 Å². The van der Waals surface area contributed by atoms with Gasteiger partial charge in [-0.3, -0.25) is 0 Å². The maximum atomic E-state index is 12.8. The first-order chi connectivity index (χ1) is 22.0. The number of ether oxygens (including phenoxy) is 1. The third-order valence-electron chi connectivity index (χ3n) is 9.60. The van der Waals surface area contributed by atoms with Gasteiger partial charge in [-0.15, -0.1) is 0 Å². The van der Waals surface area contributed by atoms with Crippen LogP contribution in [0.3, 0.4) is 0 Å². The molecule has 0 radical (unpaired) electrons. The van der Waals surface area contributed by atoms with Crippen LogP contribution in [-0.2, 0) is 27.2 Å². The molecule has 8 N–H and O–H groups in total. The normalized spacial score (nSPS) is 22.2. The Bertz CT molecular complexity index is 1790. The Morgan fingerprint density at radius 3 is 2.37 bits per heavy atom. The van der Waals surface area contributed by atoms with Gasteiger partial charge in [0.15, 0.2) is 34.5 Å². The highest BCUT2D eigenvalue weighted by Crippen LogP contribution is 2.60. The van der Waals surface area contributed by atoms with Crippen LogP contribution in [0.5, 0.6) is 34.5 Å². The molecule has 0 aliphatic heterocycles. The highest BCUT2D eigenvalue weighted by atomic mass is 16.6. The Balaban J connectivity index is 1.39. The molecule has 0 bridgehead atoms. The molecule has 11 heteroatoms. The fourth-order valence-corrected chi connectivity index (χ4v) is 7.55. The molecule has 3 aliphatic carbocycles. The zero-order valence-electron chi connectivity index (χ0n) is 24.6. The molecule has 0 saturated heterocycles. The predicted octanol–water partition coefficient (Wildman–Crippen LogP) is 4.39. The first-order valence-electron chi connectivity index (χ1n) is 15.1. The first kappa shape index (κ1) is 30.8. The number of hydrogen-bond acceptors (Lipinski definition) is 10. The predicted molar refractivity (Wildman–Crippen MR) is 165 cm³/mol. The molecule has 0 aromatic heterocycles. The summed E-state index contributed by atoms with van der Waals surface area (Å²) in [5, 5.41) is 82.0. The number of aromatic hydroxyl groups is 6. The Morgan fingerprint density at radius 2 is 1.65 bits per heavy atom. The number of hydrogen-bond donors (Lipinski definition) is 8. The number of aliphatic hydroxyl groups excluding tert-OH is 1. The summed E-state index contributed by atoms with van der Waals surface area (Å²) in [5.41, 5.74) is 4.05. The molecule has 6 rings (SSSR count). The Morgan fingerprint density at radius 1 is 0.913 bits per heavy atom. The Hall–Kier alpha value is -5.16.